The third kappa shape index (κ3) is 3.05. The quantitative estimate of drug-likeness (QED) is 0.784. The SMILES string of the molecule is S=C(SCc1cn2cccnc2n1)N1CCOCC1. The van der Waals surface area contributed by atoms with Gasteiger partial charge < -0.3 is 9.64 Å². The minimum Gasteiger partial charge on any atom is -0.378 e. The van der Waals surface area contributed by atoms with Crippen molar-refractivity contribution in [3.8, 4) is 0 Å². The lowest BCUT2D eigenvalue weighted by Gasteiger charge is -2.28. The lowest BCUT2D eigenvalue weighted by Crippen LogP contribution is -2.38. The van der Waals surface area contributed by atoms with E-state index in [2.05, 4.69) is 14.9 Å². The maximum Gasteiger partial charge on any atom is 0.233 e. The number of nitrogens with zero attached hydrogens (tertiary/aromatic N) is 4. The lowest BCUT2D eigenvalue weighted by atomic mass is 10.5. The van der Waals surface area contributed by atoms with Crippen molar-refractivity contribution in [1.82, 2.24) is 19.3 Å². The minimum atomic E-state index is 0.732. The molecule has 0 saturated carbocycles. The molecule has 0 bridgehead atoms. The molecule has 1 fully saturated rings. The molecule has 0 radical (unpaired) electrons. The molecule has 1 aliphatic rings. The average molecular weight is 294 g/mol. The minimum absolute atomic E-state index is 0.732. The van der Waals surface area contributed by atoms with Crippen LogP contribution in [0.5, 0.6) is 0 Å². The summed E-state index contributed by atoms with van der Waals surface area (Å²) in [6.45, 7) is 3.30. The zero-order valence-electron chi connectivity index (χ0n) is 10.4. The fraction of sp³-hybridized carbons (Fsp3) is 0.417. The molecule has 2 aromatic rings. The molecule has 0 aromatic carbocycles. The van der Waals surface area contributed by atoms with Gasteiger partial charge in [-0.25, -0.2) is 9.97 Å². The molecule has 0 amide bonds. The Morgan fingerprint density at radius 3 is 3.05 bits per heavy atom. The number of rotatable bonds is 2. The van der Waals surface area contributed by atoms with Crippen LogP contribution in [0.15, 0.2) is 24.7 Å². The summed E-state index contributed by atoms with van der Waals surface area (Å²) in [5.41, 5.74) is 0.999. The van der Waals surface area contributed by atoms with Crippen LogP contribution in [0.3, 0.4) is 0 Å². The monoisotopic (exact) mass is 294 g/mol. The number of imidazole rings is 1. The molecule has 0 unspecified atom stereocenters. The highest BCUT2D eigenvalue weighted by Crippen LogP contribution is 2.17. The van der Waals surface area contributed by atoms with Gasteiger partial charge >= 0.3 is 0 Å². The van der Waals surface area contributed by atoms with Crippen molar-refractivity contribution in [3.05, 3.63) is 30.4 Å². The number of morpholine rings is 1. The number of thioether (sulfide) groups is 1. The molecule has 3 rings (SSSR count). The third-order valence-electron chi connectivity index (χ3n) is 2.90. The Morgan fingerprint density at radius 2 is 2.26 bits per heavy atom. The molecular weight excluding hydrogens is 280 g/mol. The predicted octanol–water partition coefficient (Wildman–Crippen LogP) is 1.58. The molecule has 19 heavy (non-hydrogen) atoms. The topological polar surface area (TPSA) is 42.7 Å². The lowest BCUT2D eigenvalue weighted by molar-refractivity contribution is 0.0702. The highest BCUT2D eigenvalue weighted by atomic mass is 32.2. The second-order valence-electron chi connectivity index (χ2n) is 4.21. The number of thiocarbonyl (C=S) groups is 1. The van der Waals surface area contributed by atoms with Crippen molar-refractivity contribution in [3.63, 3.8) is 0 Å². The number of hydrogen-bond acceptors (Lipinski definition) is 5. The van der Waals surface area contributed by atoms with E-state index >= 15 is 0 Å². The van der Waals surface area contributed by atoms with E-state index < -0.39 is 0 Å². The molecule has 0 N–H and O–H groups in total. The number of hydrogen-bond donors (Lipinski definition) is 0. The first-order valence-electron chi connectivity index (χ1n) is 6.11. The van der Waals surface area contributed by atoms with Crippen LogP contribution in [-0.4, -0.2) is 49.9 Å². The van der Waals surface area contributed by atoms with Gasteiger partial charge in [-0.1, -0.05) is 24.0 Å². The molecule has 0 aliphatic carbocycles. The van der Waals surface area contributed by atoms with E-state index in [9.17, 15) is 0 Å². The second-order valence-corrected chi connectivity index (χ2v) is 5.82. The highest BCUT2D eigenvalue weighted by molar-refractivity contribution is 8.22. The Bertz CT molecular complexity index is 547. The standard InChI is InChI=1S/C12H14N4OS2/c18-12(15-4-6-17-7-5-15)19-9-10-8-16-3-1-2-13-11(16)14-10/h1-3,8H,4-7,9H2. The van der Waals surface area contributed by atoms with Gasteiger partial charge in [-0.2, -0.15) is 0 Å². The van der Waals surface area contributed by atoms with E-state index in [1.807, 2.05) is 22.9 Å². The van der Waals surface area contributed by atoms with Gasteiger partial charge in [-0.3, -0.25) is 4.40 Å². The predicted molar refractivity (Wildman–Crippen MR) is 79.3 cm³/mol. The van der Waals surface area contributed by atoms with E-state index in [1.54, 1.807) is 18.0 Å². The summed E-state index contributed by atoms with van der Waals surface area (Å²) in [5.74, 6) is 1.51. The second kappa shape index (κ2) is 5.85. The van der Waals surface area contributed by atoms with Crippen LogP contribution in [0.2, 0.25) is 0 Å². The van der Waals surface area contributed by atoms with Crippen LogP contribution in [0.1, 0.15) is 5.69 Å². The van der Waals surface area contributed by atoms with Crippen LogP contribution >= 0.6 is 24.0 Å². The summed E-state index contributed by atoms with van der Waals surface area (Å²) >= 11 is 7.09. The Kier molecular flexibility index (Phi) is 3.95. The van der Waals surface area contributed by atoms with E-state index in [0.29, 0.717) is 0 Å². The van der Waals surface area contributed by atoms with Gasteiger partial charge in [-0.05, 0) is 6.07 Å². The molecule has 3 heterocycles. The molecule has 0 spiro atoms. The number of ether oxygens (including phenoxy) is 1. The molecule has 2 aromatic heterocycles. The molecular formula is C12H14N4OS2. The van der Waals surface area contributed by atoms with Gasteiger partial charge in [0.25, 0.3) is 0 Å². The molecule has 7 heteroatoms. The zero-order chi connectivity index (χ0) is 13.1. The largest absolute Gasteiger partial charge is 0.378 e. The van der Waals surface area contributed by atoms with Crippen molar-refractivity contribution in [2.45, 2.75) is 5.75 Å². The van der Waals surface area contributed by atoms with Gasteiger partial charge in [-0.15, -0.1) is 0 Å². The van der Waals surface area contributed by atoms with Crippen molar-refractivity contribution >= 4 is 34.1 Å². The van der Waals surface area contributed by atoms with E-state index in [-0.39, 0.29) is 0 Å². The first-order valence-corrected chi connectivity index (χ1v) is 7.50. The van der Waals surface area contributed by atoms with Crippen molar-refractivity contribution in [2.75, 3.05) is 26.3 Å². The van der Waals surface area contributed by atoms with Gasteiger partial charge in [0.05, 0.1) is 18.9 Å². The van der Waals surface area contributed by atoms with Crippen LogP contribution in [0.4, 0.5) is 0 Å². The Labute approximate surface area is 121 Å². The van der Waals surface area contributed by atoms with Gasteiger partial charge in [0.15, 0.2) is 0 Å². The normalized spacial score (nSPS) is 15.9. The van der Waals surface area contributed by atoms with Crippen LogP contribution in [0, 0.1) is 0 Å². The molecule has 100 valence electrons. The summed E-state index contributed by atoms with van der Waals surface area (Å²) in [6.07, 6.45) is 5.69. The third-order valence-corrected chi connectivity index (χ3v) is 4.46. The first kappa shape index (κ1) is 12.8. The smallest absolute Gasteiger partial charge is 0.233 e. The van der Waals surface area contributed by atoms with E-state index in [4.69, 9.17) is 17.0 Å². The van der Waals surface area contributed by atoms with E-state index in [1.165, 1.54) is 0 Å². The van der Waals surface area contributed by atoms with E-state index in [0.717, 1.165) is 47.8 Å². The fourth-order valence-corrected chi connectivity index (χ4v) is 3.06. The van der Waals surface area contributed by atoms with Gasteiger partial charge in [0, 0.05) is 37.4 Å². The zero-order valence-corrected chi connectivity index (χ0v) is 12.0. The molecule has 0 atom stereocenters. The Balaban J connectivity index is 1.60. The molecule has 1 aliphatic heterocycles. The summed E-state index contributed by atoms with van der Waals surface area (Å²) < 4.78 is 8.17. The fourth-order valence-electron chi connectivity index (χ4n) is 1.92. The molecule has 5 nitrogen and oxygen atoms in total. The van der Waals surface area contributed by atoms with Gasteiger partial charge in [0.1, 0.15) is 4.32 Å². The summed E-state index contributed by atoms with van der Waals surface area (Å²) in [7, 11) is 0. The molecule has 1 saturated heterocycles. The van der Waals surface area contributed by atoms with Crippen molar-refractivity contribution < 1.29 is 4.74 Å². The first-order chi connectivity index (χ1) is 9.33. The van der Waals surface area contributed by atoms with Crippen LogP contribution in [0.25, 0.3) is 5.78 Å². The number of aromatic nitrogens is 3. The van der Waals surface area contributed by atoms with Gasteiger partial charge in [0.2, 0.25) is 5.78 Å². The maximum atomic E-state index is 5.44. The summed E-state index contributed by atoms with van der Waals surface area (Å²) in [4.78, 5) is 10.9. The number of fused-ring (bicyclic) bond motifs is 1. The van der Waals surface area contributed by atoms with Crippen LogP contribution in [-0.2, 0) is 10.5 Å². The van der Waals surface area contributed by atoms with Crippen molar-refractivity contribution in [1.29, 1.82) is 0 Å². The van der Waals surface area contributed by atoms with Crippen LogP contribution < -0.4 is 0 Å². The maximum absolute atomic E-state index is 5.44. The highest BCUT2D eigenvalue weighted by Gasteiger charge is 2.14. The Hall–Kier alpha value is -1.18. The van der Waals surface area contributed by atoms with Crippen molar-refractivity contribution in [2.24, 2.45) is 0 Å². The Morgan fingerprint density at radius 1 is 1.42 bits per heavy atom. The summed E-state index contributed by atoms with van der Waals surface area (Å²) in [5, 5.41) is 0. The summed E-state index contributed by atoms with van der Waals surface area (Å²) in [6, 6.07) is 1.89. The average Bonchev–Trinajstić information content (AvgIpc) is 2.88.